The molecule has 0 saturated carbocycles. The summed E-state index contributed by atoms with van der Waals surface area (Å²) in [6, 6.07) is 14.4. The van der Waals surface area contributed by atoms with Crippen molar-refractivity contribution < 1.29 is 0 Å². The molecule has 0 radical (unpaired) electrons. The summed E-state index contributed by atoms with van der Waals surface area (Å²) in [4.78, 5) is 14.4. The summed E-state index contributed by atoms with van der Waals surface area (Å²) >= 11 is 0. The summed E-state index contributed by atoms with van der Waals surface area (Å²) in [7, 11) is 0. The van der Waals surface area contributed by atoms with E-state index in [9.17, 15) is 0 Å². The second-order valence-electron chi connectivity index (χ2n) is 7.96. The number of piperidine rings is 1. The molecule has 1 aliphatic heterocycles. The number of hydrogen-bond donors (Lipinski definition) is 3. The maximum Gasteiger partial charge on any atom is 0.223 e. The zero-order valence-electron chi connectivity index (χ0n) is 17.4. The SMILES string of the molecule is C#Cc1cccc(Nc2nc3cc(C)ccc3c3cnc(NC4CCNCC4)nc23)c1. The van der Waals surface area contributed by atoms with Gasteiger partial charge in [0.2, 0.25) is 5.95 Å². The normalized spacial score (nSPS) is 14.5. The minimum Gasteiger partial charge on any atom is -0.351 e. The Morgan fingerprint density at radius 2 is 1.94 bits per heavy atom. The molecule has 0 spiro atoms. The lowest BCUT2D eigenvalue weighted by molar-refractivity contribution is 0.477. The first-order chi connectivity index (χ1) is 15.2. The minimum atomic E-state index is 0.374. The number of rotatable bonds is 4. The van der Waals surface area contributed by atoms with E-state index in [0.717, 1.165) is 64.6 Å². The van der Waals surface area contributed by atoms with Crippen molar-refractivity contribution in [1.82, 2.24) is 20.3 Å². The molecule has 1 aliphatic rings. The second kappa shape index (κ2) is 8.21. The van der Waals surface area contributed by atoms with Gasteiger partial charge in [-0.3, -0.25) is 0 Å². The Morgan fingerprint density at radius 1 is 1.06 bits per heavy atom. The van der Waals surface area contributed by atoms with Crippen LogP contribution in [0.2, 0.25) is 0 Å². The molecule has 1 fully saturated rings. The van der Waals surface area contributed by atoms with Gasteiger partial charge >= 0.3 is 0 Å². The number of anilines is 3. The fourth-order valence-corrected chi connectivity index (χ4v) is 4.02. The van der Waals surface area contributed by atoms with Crippen molar-refractivity contribution in [2.75, 3.05) is 23.7 Å². The molecule has 0 aliphatic carbocycles. The maximum atomic E-state index is 5.58. The summed E-state index contributed by atoms with van der Waals surface area (Å²) in [6.45, 7) is 4.08. The molecule has 0 atom stereocenters. The molecule has 3 N–H and O–H groups in total. The average molecular weight is 409 g/mol. The van der Waals surface area contributed by atoms with E-state index < -0.39 is 0 Å². The summed E-state index contributed by atoms with van der Waals surface area (Å²) in [5.41, 5.74) is 4.54. The number of aromatic nitrogens is 3. The van der Waals surface area contributed by atoms with Gasteiger partial charge in [-0.1, -0.05) is 24.1 Å². The third kappa shape index (κ3) is 4.00. The molecule has 1 saturated heterocycles. The molecule has 2 aromatic heterocycles. The number of nitrogens with zero attached hydrogens (tertiary/aromatic N) is 3. The maximum absolute atomic E-state index is 5.58. The number of aryl methyl sites for hydroxylation is 1. The Labute approximate surface area is 181 Å². The molecule has 0 amide bonds. The molecule has 6 nitrogen and oxygen atoms in total. The van der Waals surface area contributed by atoms with Crippen LogP contribution in [0.3, 0.4) is 0 Å². The monoisotopic (exact) mass is 408 g/mol. The summed E-state index contributed by atoms with van der Waals surface area (Å²) in [5.74, 6) is 4.01. The molecule has 5 rings (SSSR count). The zero-order chi connectivity index (χ0) is 21.2. The molecule has 31 heavy (non-hydrogen) atoms. The molecular formula is C25H24N6. The predicted molar refractivity (Wildman–Crippen MR) is 127 cm³/mol. The van der Waals surface area contributed by atoms with Gasteiger partial charge in [-0.25, -0.2) is 15.0 Å². The lowest BCUT2D eigenvalue weighted by Gasteiger charge is -2.23. The van der Waals surface area contributed by atoms with E-state index in [1.807, 2.05) is 30.5 Å². The third-order valence-electron chi connectivity index (χ3n) is 5.65. The molecule has 6 heteroatoms. The fourth-order valence-electron chi connectivity index (χ4n) is 4.02. The molecule has 2 aromatic carbocycles. The largest absolute Gasteiger partial charge is 0.351 e. The van der Waals surface area contributed by atoms with E-state index in [0.29, 0.717) is 17.8 Å². The van der Waals surface area contributed by atoms with E-state index in [4.69, 9.17) is 16.4 Å². The Kier molecular flexibility index (Phi) is 5.11. The first kappa shape index (κ1) is 19.3. The van der Waals surface area contributed by atoms with Crippen LogP contribution in [0.1, 0.15) is 24.0 Å². The van der Waals surface area contributed by atoms with Gasteiger partial charge in [-0.2, -0.15) is 0 Å². The molecular weight excluding hydrogens is 384 g/mol. The van der Waals surface area contributed by atoms with Gasteiger partial charge < -0.3 is 16.0 Å². The number of terminal acetylenes is 1. The fraction of sp³-hybridized carbons (Fsp3) is 0.240. The standard InChI is InChI=1S/C25H24N6/c1-3-17-5-4-6-19(14-17)28-24-23-21(20-8-7-16(2)13-22(20)30-24)15-27-25(31-23)29-18-9-11-26-12-10-18/h1,4-8,13-15,18,26H,9-12H2,2H3,(H,28,30)(H,27,29,31). The number of benzene rings is 2. The first-order valence-electron chi connectivity index (χ1n) is 10.6. The minimum absolute atomic E-state index is 0.374. The number of fused-ring (bicyclic) bond motifs is 3. The average Bonchev–Trinajstić information content (AvgIpc) is 2.80. The van der Waals surface area contributed by atoms with E-state index in [1.165, 1.54) is 0 Å². The van der Waals surface area contributed by atoms with Crippen molar-refractivity contribution in [3.05, 3.63) is 59.8 Å². The van der Waals surface area contributed by atoms with Crippen LogP contribution in [0, 0.1) is 19.3 Å². The highest BCUT2D eigenvalue weighted by Gasteiger charge is 2.16. The Hall–Kier alpha value is -3.69. The van der Waals surface area contributed by atoms with Crippen molar-refractivity contribution in [1.29, 1.82) is 0 Å². The third-order valence-corrected chi connectivity index (χ3v) is 5.65. The van der Waals surface area contributed by atoms with Crippen LogP contribution in [0.25, 0.3) is 21.8 Å². The quantitative estimate of drug-likeness (QED) is 0.344. The molecule has 0 bridgehead atoms. The van der Waals surface area contributed by atoms with Crippen LogP contribution in [-0.2, 0) is 0 Å². The second-order valence-corrected chi connectivity index (χ2v) is 7.96. The van der Waals surface area contributed by atoms with Crippen LogP contribution in [-0.4, -0.2) is 34.1 Å². The van der Waals surface area contributed by atoms with Gasteiger partial charge in [0.05, 0.1) is 5.52 Å². The molecule has 154 valence electrons. The summed E-state index contributed by atoms with van der Waals surface area (Å²) in [6.07, 6.45) is 9.58. The lowest BCUT2D eigenvalue weighted by Crippen LogP contribution is -2.35. The van der Waals surface area contributed by atoms with Crippen molar-refractivity contribution >= 4 is 39.3 Å². The Balaban J connectivity index is 1.62. The Morgan fingerprint density at radius 3 is 2.77 bits per heavy atom. The highest BCUT2D eigenvalue weighted by Crippen LogP contribution is 2.31. The van der Waals surface area contributed by atoms with Crippen LogP contribution < -0.4 is 16.0 Å². The van der Waals surface area contributed by atoms with Gasteiger partial charge in [0.15, 0.2) is 5.82 Å². The highest BCUT2D eigenvalue weighted by molar-refractivity contribution is 6.08. The van der Waals surface area contributed by atoms with Crippen LogP contribution >= 0.6 is 0 Å². The Bertz CT molecular complexity index is 1300. The van der Waals surface area contributed by atoms with Crippen molar-refractivity contribution in [2.24, 2.45) is 0 Å². The van der Waals surface area contributed by atoms with E-state index in [-0.39, 0.29) is 0 Å². The van der Waals surface area contributed by atoms with Crippen molar-refractivity contribution in [3.8, 4) is 12.3 Å². The highest BCUT2D eigenvalue weighted by atomic mass is 15.1. The van der Waals surface area contributed by atoms with Gasteiger partial charge in [-0.05, 0) is 62.7 Å². The zero-order valence-corrected chi connectivity index (χ0v) is 17.4. The first-order valence-corrected chi connectivity index (χ1v) is 10.6. The summed E-state index contributed by atoms with van der Waals surface area (Å²) in [5, 5.41) is 12.3. The van der Waals surface area contributed by atoms with Crippen LogP contribution in [0.15, 0.2) is 48.7 Å². The molecule has 4 aromatic rings. The van der Waals surface area contributed by atoms with Crippen molar-refractivity contribution in [3.63, 3.8) is 0 Å². The van der Waals surface area contributed by atoms with Crippen LogP contribution in [0.5, 0.6) is 0 Å². The van der Waals surface area contributed by atoms with E-state index in [2.05, 4.69) is 52.0 Å². The van der Waals surface area contributed by atoms with Gasteiger partial charge in [-0.15, -0.1) is 6.42 Å². The predicted octanol–water partition coefficient (Wildman–Crippen LogP) is 4.38. The van der Waals surface area contributed by atoms with Crippen LogP contribution in [0.4, 0.5) is 17.5 Å². The van der Waals surface area contributed by atoms with Gasteiger partial charge in [0.25, 0.3) is 0 Å². The number of nitrogens with one attached hydrogen (secondary N) is 3. The van der Waals surface area contributed by atoms with E-state index >= 15 is 0 Å². The number of pyridine rings is 1. The lowest BCUT2D eigenvalue weighted by atomic mass is 10.1. The van der Waals surface area contributed by atoms with Gasteiger partial charge in [0.1, 0.15) is 5.52 Å². The van der Waals surface area contributed by atoms with E-state index in [1.54, 1.807) is 0 Å². The van der Waals surface area contributed by atoms with Gasteiger partial charge in [0, 0.05) is 34.3 Å². The summed E-state index contributed by atoms with van der Waals surface area (Å²) < 4.78 is 0. The molecule has 0 unspecified atom stereocenters. The smallest absolute Gasteiger partial charge is 0.223 e. The van der Waals surface area contributed by atoms with Crippen molar-refractivity contribution in [2.45, 2.75) is 25.8 Å². The number of hydrogen-bond acceptors (Lipinski definition) is 6. The molecule has 3 heterocycles. The topological polar surface area (TPSA) is 74.8 Å².